The van der Waals surface area contributed by atoms with Crippen LogP contribution in [-0.4, -0.2) is 0 Å². The first-order valence-electron chi connectivity index (χ1n) is 2.83. The zero-order valence-electron chi connectivity index (χ0n) is 5.59. The molecule has 1 aromatic rings. The molecule has 0 atom stereocenters. The number of benzene rings is 1. The Hall–Kier alpha value is 0.650. The van der Waals surface area contributed by atoms with Gasteiger partial charge in [-0.15, -0.1) is 0 Å². The van der Waals surface area contributed by atoms with Crippen molar-refractivity contribution in [3.8, 4) is 0 Å². The Labute approximate surface area is 91.4 Å². The van der Waals surface area contributed by atoms with Crippen LogP contribution < -0.4 is 0 Å². The molecule has 0 heterocycles. The quantitative estimate of drug-likeness (QED) is 0.375. The molecule has 1 rings (SSSR count). The molecule has 0 radical (unpaired) electrons. The number of halogens is 4. The molecule has 0 unspecified atom stereocenters. The molecule has 0 aliphatic carbocycles. The molecule has 0 aliphatic rings. The van der Waals surface area contributed by atoms with E-state index in [9.17, 15) is 4.39 Å². The van der Waals surface area contributed by atoms with Crippen molar-refractivity contribution in [2.24, 2.45) is 0 Å². The summed E-state index contributed by atoms with van der Waals surface area (Å²) in [5.74, 6) is -0.357. The van der Waals surface area contributed by atoms with E-state index in [4.69, 9.17) is 11.6 Å². The highest BCUT2D eigenvalue weighted by atomic mass is 127. The molecule has 0 aliphatic heterocycles. The minimum absolute atomic E-state index is 0.161. The lowest BCUT2D eigenvalue weighted by molar-refractivity contribution is 0.619. The summed E-state index contributed by atoms with van der Waals surface area (Å²) in [6.45, 7) is 1.87. The van der Waals surface area contributed by atoms with E-state index < -0.39 is 0 Å². The Morgan fingerprint density at radius 2 is 2.18 bits per heavy atom. The van der Waals surface area contributed by atoms with Gasteiger partial charge in [-0.25, -0.2) is 4.39 Å². The van der Waals surface area contributed by atoms with Crippen molar-refractivity contribution in [2.75, 3.05) is 0 Å². The monoisotopic (exact) mass is 348 g/mol. The summed E-state index contributed by atoms with van der Waals surface area (Å²) in [5, 5.41) is 0.161. The van der Waals surface area contributed by atoms with Crippen LogP contribution in [0.3, 0.4) is 0 Å². The summed E-state index contributed by atoms with van der Waals surface area (Å²) in [6.07, 6.45) is 0. The van der Waals surface area contributed by atoms with Gasteiger partial charge < -0.3 is 0 Å². The maximum Gasteiger partial charge on any atom is 0.156 e. The second-order valence-electron chi connectivity index (χ2n) is 2.12. The summed E-state index contributed by atoms with van der Waals surface area (Å²) in [4.78, 5) is 0. The molecule has 4 heteroatoms. The maximum atomic E-state index is 13.0. The summed E-state index contributed by atoms with van der Waals surface area (Å²) >= 11 is 10.8. The van der Waals surface area contributed by atoms with E-state index in [1.807, 2.05) is 29.5 Å². The Kier molecular flexibility index (Phi) is 3.17. The van der Waals surface area contributed by atoms with Gasteiger partial charge >= 0.3 is 0 Å². The Bertz CT molecular complexity index is 275. The fourth-order valence-corrected chi connectivity index (χ4v) is 2.13. The van der Waals surface area contributed by atoms with E-state index in [2.05, 4.69) is 15.9 Å². The molecule has 1 aromatic carbocycles. The third kappa shape index (κ3) is 1.87. The van der Waals surface area contributed by atoms with Gasteiger partial charge in [-0.05, 0) is 57.1 Å². The van der Waals surface area contributed by atoms with Crippen LogP contribution in [0.25, 0.3) is 0 Å². The van der Waals surface area contributed by atoms with E-state index in [-0.39, 0.29) is 10.8 Å². The number of aryl methyl sites for hydroxylation is 1. The lowest BCUT2D eigenvalue weighted by Crippen LogP contribution is -1.87. The maximum absolute atomic E-state index is 13.0. The molecule has 0 saturated heterocycles. The molecule has 0 N–H and O–H groups in total. The van der Waals surface area contributed by atoms with Crippen molar-refractivity contribution in [1.29, 1.82) is 0 Å². The molecule has 0 fully saturated rings. The first-order chi connectivity index (χ1) is 5.04. The molecule has 11 heavy (non-hydrogen) atoms. The Balaban J connectivity index is 3.46. The Morgan fingerprint density at radius 1 is 1.64 bits per heavy atom. The molecule has 0 bridgehead atoms. The van der Waals surface area contributed by atoms with Gasteiger partial charge in [0.15, 0.2) is 5.82 Å². The molecule has 0 saturated carbocycles. The molecule has 0 amide bonds. The summed E-state index contributed by atoms with van der Waals surface area (Å²) in [6, 6.07) is 1.74. The van der Waals surface area contributed by atoms with Crippen molar-refractivity contribution < 1.29 is 4.39 Å². The minimum Gasteiger partial charge on any atom is -0.204 e. The van der Waals surface area contributed by atoms with E-state index in [0.717, 1.165) is 5.56 Å². The third-order valence-corrected chi connectivity index (χ3v) is 3.67. The summed E-state index contributed by atoms with van der Waals surface area (Å²) in [7, 11) is 0. The lowest BCUT2D eigenvalue weighted by atomic mass is 10.2. The zero-order chi connectivity index (χ0) is 8.59. The van der Waals surface area contributed by atoms with Crippen LogP contribution in [0.1, 0.15) is 5.56 Å². The van der Waals surface area contributed by atoms with Crippen LogP contribution in [0.5, 0.6) is 0 Å². The first-order valence-corrected chi connectivity index (χ1v) is 5.08. The Morgan fingerprint density at radius 3 is 2.73 bits per heavy atom. The normalized spacial score (nSPS) is 10.3. The fraction of sp³-hybridized carbons (Fsp3) is 0.143. The number of hydrogen-bond acceptors (Lipinski definition) is 0. The average molecular weight is 349 g/mol. The van der Waals surface area contributed by atoms with Crippen LogP contribution in [-0.2, 0) is 0 Å². The minimum atomic E-state index is -0.357. The van der Waals surface area contributed by atoms with Gasteiger partial charge in [0.25, 0.3) is 0 Å². The van der Waals surface area contributed by atoms with Crippen molar-refractivity contribution >= 4 is 50.1 Å². The highest BCUT2D eigenvalue weighted by Gasteiger charge is 2.10. The number of rotatable bonds is 0. The van der Waals surface area contributed by atoms with Gasteiger partial charge in [-0.3, -0.25) is 0 Å². The molecule has 0 aromatic heterocycles. The highest BCUT2D eigenvalue weighted by Crippen LogP contribution is 2.31. The molecule has 0 spiro atoms. The standard InChI is InChI=1S/C7H4BrClFI/c1-3-2-4(11)7(10)6(9)5(3)8/h2H,1H3. The van der Waals surface area contributed by atoms with Crippen molar-refractivity contribution in [3.05, 3.63) is 30.5 Å². The van der Waals surface area contributed by atoms with Gasteiger partial charge in [-0.1, -0.05) is 11.6 Å². The van der Waals surface area contributed by atoms with Gasteiger partial charge in [0.05, 0.1) is 8.59 Å². The van der Waals surface area contributed by atoms with E-state index in [1.165, 1.54) is 0 Å². The van der Waals surface area contributed by atoms with Gasteiger partial charge in [0, 0.05) is 4.47 Å². The SMILES string of the molecule is Cc1cc(I)c(F)c(Cl)c1Br. The second-order valence-corrected chi connectivity index (χ2v) is 4.45. The van der Waals surface area contributed by atoms with Gasteiger partial charge in [0.1, 0.15) is 0 Å². The molecular weight excluding hydrogens is 345 g/mol. The van der Waals surface area contributed by atoms with Gasteiger partial charge in [-0.2, -0.15) is 0 Å². The predicted molar refractivity (Wildman–Crippen MR) is 56.6 cm³/mol. The van der Waals surface area contributed by atoms with E-state index >= 15 is 0 Å². The van der Waals surface area contributed by atoms with Crippen molar-refractivity contribution in [3.63, 3.8) is 0 Å². The van der Waals surface area contributed by atoms with E-state index in [0.29, 0.717) is 8.04 Å². The van der Waals surface area contributed by atoms with Crippen molar-refractivity contribution in [2.45, 2.75) is 6.92 Å². The zero-order valence-corrected chi connectivity index (χ0v) is 10.1. The second kappa shape index (κ2) is 3.58. The lowest BCUT2D eigenvalue weighted by Gasteiger charge is -2.03. The summed E-state index contributed by atoms with van der Waals surface area (Å²) < 4.78 is 14.2. The van der Waals surface area contributed by atoms with Crippen LogP contribution in [0.2, 0.25) is 5.02 Å². The molecule has 60 valence electrons. The fourth-order valence-electron chi connectivity index (χ4n) is 0.691. The van der Waals surface area contributed by atoms with Crippen molar-refractivity contribution in [1.82, 2.24) is 0 Å². The van der Waals surface area contributed by atoms with Gasteiger partial charge in [0.2, 0.25) is 0 Å². The summed E-state index contributed by atoms with van der Waals surface area (Å²) in [5.41, 5.74) is 0.945. The van der Waals surface area contributed by atoms with E-state index in [1.54, 1.807) is 6.07 Å². The predicted octanol–water partition coefficient (Wildman–Crippen LogP) is 4.15. The molecular formula is C7H4BrClFI. The van der Waals surface area contributed by atoms with Crippen LogP contribution in [0.15, 0.2) is 10.5 Å². The van der Waals surface area contributed by atoms with Crippen LogP contribution >= 0.6 is 50.1 Å². The smallest absolute Gasteiger partial charge is 0.156 e. The first kappa shape index (κ1) is 9.74. The van der Waals surface area contributed by atoms with Crippen LogP contribution in [0.4, 0.5) is 4.39 Å². The topological polar surface area (TPSA) is 0 Å². The largest absolute Gasteiger partial charge is 0.204 e. The highest BCUT2D eigenvalue weighted by molar-refractivity contribution is 14.1. The van der Waals surface area contributed by atoms with Crippen LogP contribution in [0, 0.1) is 16.3 Å². The third-order valence-electron chi connectivity index (χ3n) is 1.28. The average Bonchev–Trinajstić information content (AvgIpc) is 1.97. The number of hydrogen-bond donors (Lipinski definition) is 0. The molecule has 0 nitrogen and oxygen atoms in total.